The lowest BCUT2D eigenvalue weighted by atomic mass is 10.0. The van der Waals surface area contributed by atoms with Gasteiger partial charge in [-0.1, -0.05) is 23.1 Å². The Bertz CT molecular complexity index is 474. The normalized spacial score (nSPS) is 16.9. The molecule has 0 atom stereocenters. The number of morpholine rings is 1. The monoisotopic (exact) mass is 331 g/mol. The summed E-state index contributed by atoms with van der Waals surface area (Å²) in [6.07, 6.45) is 0. The summed E-state index contributed by atoms with van der Waals surface area (Å²) < 4.78 is 6.07. The maximum atomic E-state index is 11.9. The van der Waals surface area contributed by atoms with Crippen LogP contribution in [0.5, 0.6) is 0 Å². The highest BCUT2D eigenvalue weighted by Gasteiger charge is 2.28. The van der Waals surface area contributed by atoms with Crippen molar-refractivity contribution in [3.05, 3.63) is 0 Å². The predicted molar refractivity (Wildman–Crippen MR) is 84.5 cm³/mol. The average molecular weight is 331 g/mol. The van der Waals surface area contributed by atoms with Gasteiger partial charge in [0.05, 0.1) is 19.0 Å². The van der Waals surface area contributed by atoms with Gasteiger partial charge in [0.15, 0.2) is 4.34 Å². The zero-order valence-electron chi connectivity index (χ0n) is 12.3. The van der Waals surface area contributed by atoms with Gasteiger partial charge in [-0.15, -0.1) is 10.2 Å². The summed E-state index contributed by atoms with van der Waals surface area (Å²) >= 11 is 2.65. The molecule has 2 heterocycles. The minimum absolute atomic E-state index is 0.00453. The quantitative estimate of drug-likeness (QED) is 0.731. The third kappa shape index (κ3) is 5.10. The summed E-state index contributed by atoms with van der Waals surface area (Å²) in [6.45, 7) is 8.21. The average Bonchev–Trinajstić information content (AvgIpc) is 2.90. The molecule has 1 fully saturated rings. The molecule has 2 rings (SSSR count). The standard InChI is InChI=1S/C12H21N5O2S2/c1-12(2,17-3-5-19-6-4-17)8-14-9(18)7-20-11-16-15-10(13)21-11/h3-8H2,1-2H3,(H2,13,15)(H,14,18). The van der Waals surface area contributed by atoms with E-state index in [-0.39, 0.29) is 11.4 Å². The number of carbonyl (C=O) groups excluding carboxylic acids is 1. The Hall–Kier alpha value is -0.900. The highest BCUT2D eigenvalue weighted by molar-refractivity contribution is 8.01. The van der Waals surface area contributed by atoms with Gasteiger partial charge < -0.3 is 15.8 Å². The first-order chi connectivity index (χ1) is 9.97. The van der Waals surface area contributed by atoms with Crippen molar-refractivity contribution in [1.82, 2.24) is 20.4 Å². The number of amides is 1. The zero-order chi connectivity index (χ0) is 15.3. The maximum Gasteiger partial charge on any atom is 0.230 e. The Labute approximate surface area is 132 Å². The fraction of sp³-hybridized carbons (Fsp3) is 0.750. The molecule has 0 radical (unpaired) electrons. The minimum atomic E-state index is -0.0722. The van der Waals surface area contributed by atoms with E-state index in [0.717, 1.165) is 30.6 Å². The summed E-state index contributed by atoms with van der Waals surface area (Å²) in [6, 6.07) is 0. The first-order valence-corrected chi connectivity index (χ1v) is 8.59. The fourth-order valence-corrected chi connectivity index (χ4v) is 3.52. The van der Waals surface area contributed by atoms with Crippen LogP contribution in [0, 0.1) is 0 Å². The number of nitrogen functional groups attached to an aromatic ring is 1. The molecule has 1 saturated heterocycles. The van der Waals surface area contributed by atoms with Gasteiger partial charge in [0.1, 0.15) is 0 Å². The topological polar surface area (TPSA) is 93.4 Å². The Morgan fingerprint density at radius 1 is 1.48 bits per heavy atom. The third-order valence-corrected chi connectivity index (χ3v) is 5.22. The lowest BCUT2D eigenvalue weighted by Crippen LogP contribution is -2.55. The van der Waals surface area contributed by atoms with Crippen LogP contribution in [0.3, 0.4) is 0 Å². The van der Waals surface area contributed by atoms with E-state index in [4.69, 9.17) is 10.5 Å². The van der Waals surface area contributed by atoms with Gasteiger partial charge in [0.25, 0.3) is 0 Å². The van der Waals surface area contributed by atoms with Gasteiger partial charge in [0.2, 0.25) is 11.0 Å². The van der Waals surface area contributed by atoms with Crippen LogP contribution in [-0.4, -0.2) is 65.1 Å². The highest BCUT2D eigenvalue weighted by Crippen LogP contribution is 2.23. The molecule has 7 nitrogen and oxygen atoms in total. The molecule has 0 spiro atoms. The molecule has 0 bridgehead atoms. The van der Waals surface area contributed by atoms with Crippen molar-refractivity contribution in [3.63, 3.8) is 0 Å². The molecule has 0 aliphatic carbocycles. The SMILES string of the molecule is CC(C)(CNC(=O)CSc1nnc(N)s1)N1CCOCC1. The van der Waals surface area contributed by atoms with Crippen molar-refractivity contribution in [2.24, 2.45) is 0 Å². The lowest BCUT2D eigenvalue weighted by molar-refractivity contribution is -0.119. The zero-order valence-corrected chi connectivity index (χ0v) is 13.9. The molecular formula is C12H21N5O2S2. The van der Waals surface area contributed by atoms with Crippen molar-refractivity contribution in [2.75, 3.05) is 44.3 Å². The molecule has 1 aromatic rings. The number of thioether (sulfide) groups is 1. The number of hydrogen-bond donors (Lipinski definition) is 2. The van der Waals surface area contributed by atoms with Crippen LogP contribution in [0.15, 0.2) is 4.34 Å². The van der Waals surface area contributed by atoms with E-state index in [1.165, 1.54) is 23.1 Å². The van der Waals surface area contributed by atoms with Crippen molar-refractivity contribution in [1.29, 1.82) is 0 Å². The molecule has 0 saturated carbocycles. The Balaban J connectivity index is 1.72. The Kier molecular flexibility index (Phi) is 5.80. The number of nitrogens with one attached hydrogen (secondary N) is 1. The van der Waals surface area contributed by atoms with Gasteiger partial charge in [-0.3, -0.25) is 9.69 Å². The van der Waals surface area contributed by atoms with Crippen molar-refractivity contribution >= 4 is 34.1 Å². The molecule has 0 unspecified atom stereocenters. The molecule has 1 aromatic heterocycles. The number of hydrogen-bond acceptors (Lipinski definition) is 8. The number of carbonyl (C=O) groups is 1. The van der Waals surface area contributed by atoms with Crippen LogP contribution in [-0.2, 0) is 9.53 Å². The highest BCUT2D eigenvalue weighted by atomic mass is 32.2. The molecule has 21 heavy (non-hydrogen) atoms. The molecule has 9 heteroatoms. The Morgan fingerprint density at radius 2 is 2.19 bits per heavy atom. The third-order valence-electron chi connectivity index (χ3n) is 3.33. The molecule has 1 aliphatic rings. The van der Waals surface area contributed by atoms with Gasteiger partial charge in [-0.25, -0.2) is 0 Å². The fourth-order valence-electron chi connectivity index (χ4n) is 2.05. The number of aromatic nitrogens is 2. The second-order valence-corrected chi connectivity index (χ2v) is 7.62. The van der Waals surface area contributed by atoms with Crippen molar-refractivity contribution < 1.29 is 9.53 Å². The second-order valence-electron chi connectivity index (χ2n) is 5.38. The lowest BCUT2D eigenvalue weighted by Gasteiger charge is -2.40. The van der Waals surface area contributed by atoms with Gasteiger partial charge >= 0.3 is 0 Å². The molecule has 3 N–H and O–H groups in total. The van der Waals surface area contributed by atoms with Crippen LogP contribution in [0.2, 0.25) is 0 Å². The van der Waals surface area contributed by atoms with E-state index in [0.29, 0.717) is 17.4 Å². The van der Waals surface area contributed by atoms with Gasteiger partial charge in [-0.05, 0) is 13.8 Å². The van der Waals surface area contributed by atoms with E-state index < -0.39 is 0 Å². The van der Waals surface area contributed by atoms with E-state index in [1.54, 1.807) is 0 Å². The van der Waals surface area contributed by atoms with E-state index in [2.05, 4.69) is 34.3 Å². The van der Waals surface area contributed by atoms with Crippen LogP contribution in [0.25, 0.3) is 0 Å². The predicted octanol–water partition coefficient (Wildman–Crippen LogP) is 0.439. The number of ether oxygens (including phenoxy) is 1. The number of rotatable bonds is 6. The second kappa shape index (κ2) is 7.39. The van der Waals surface area contributed by atoms with E-state index in [9.17, 15) is 4.79 Å². The van der Waals surface area contributed by atoms with Crippen LogP contribution < -0.4 is 11.1 Å². The molecule has 1 aliphatic heterocycles. The Morgan fingerprint density at radius 3 is 2.81 bits per heavy atom. The molecular weight excluding hydrogens is 310 g/mol. The van der Waals surface area contributed by atoms with Gasteiger partial charge in [-0.2, -0.15) is 0 Å². The summed E-state index contributed by atoms with van der Waals surface area (Å²) in [5.74, 6) is 0.323. The molecule has 0 aromatic carbocycles. The van der Waals surface area contributed by atoms with Gasteiger partial charge in [0, 0.05) is 25.2 Å². The molecule has 118 valence electrons. The van der Waals surface area contributed by atoms with Crippen LogP contribution in [0.4, 0.5) is 5.13 Å². The maximum absolute atomic E-state index is 11.9. The largest absolute Gasteiger partial charge is 0.379 e. The van der Waals surface area contributed by atoms with Crippen molar-refractivity contribution in [3.8, 4) is 0 Å². The summed E-state index contributed by atoms with van der Waals surface area (Å²) in [5.41, 5.74) is 5.43. The van der Waals surface area contributed by atoms with Crippen molar-refractivity contribution in [2.45, 2.75) is 23.7 Å². The summed E-state index contributed by atoms with van der Waals surface area (Å²) in [5, 5.41) is 11.0. The summed E-state index contributed by atoms with van der Waals surface area (Å²) in [4.78, 5) is 14.2. The first kappa shape index (κ1) is 16.5. The summed E-state index contributed by atoms with van der Waals surface area (Å²) in [7, 11) is 0. The van der Waals surface area contributed by atoms with Crippen LogP contribution in [0.1, 0.15) is 13.8 Å². The van der Waals surface area contributed by atoms with E-state index in [1.807, 2.05) is 0 Å². The minimum Gasteiger partial charge on any atom is -0.379 e. The smallest absolute Gasteiger partial charge is 0.230 e. The number of nitrogens with zero attached hydrogens (tertiary/aromatic N) is 3. The van der Waals surface area contributed by atoms with Crippen LogP contribution >= 0.6 is 23.1 Å². The number of anilines is 1. The number of nitrogens with two attached hydrogens (primary N) is 1. The first-order valence-electron chi connectivity index (χ1n) is 6.79. The van der Waals surface area contributed by atoms with E-state index >= 15 is 0 Å². The molecule has 1 amide bonds.